The average molecular weight is 401 g/mol. The van der Waals surface area contributed by atoms with Crippen molar-refractivity contribution in [3.05, 3.63) is 93.2 Å². The van der Waals surface area contributed by atoms with Crippen molar-refractivity contribution >= 4 is 28.6 Å². The molecule has 3 unspecified atom stereocenters. The largest absolute Gasteiger partial charge is 0.377 e. The summed E-state index contributed by atoms with van der Waals surface area (Å²) in [5.74, 6) is 0.842. The van der Waals surface area contributed by atoms with Crippen LogP contribution >= 0.6 is 11.3 Å². The molecular formula is C25H24N2OS. The van der Waals surface area contributed by atoms with Gasteiger partial charge in [0.25, 0.3) is 5.91 Å². The summed E-state index contributed by atoms with van der Waals surface area (Å²) in [5.41, 5.74) is 4.99. The molecule has 1 aromatic heterocycles. The Bertz CT molecular complexity index is 1110. The van der Waals surface area contributed by atoms with Gasteiger partial charge < -0.3 is 10.6 Å². The van der Waals surface area contributed by atoms with E-state index in [2.05, 4.69) is 54.0 Å². The first-order valence-electron chi connectivity index (χ1n) is 10.1. The highest BCUT2D eigenvalue weighted by molar-refractivity contribution is 7.12. The minimum absolute atomic E-state index is 0.0581. The first-order valence-corrected chi connectivity index (χ1v) is 10.9. The van der Waals surface area contributed by atoms with E-state index in [-0.39, 0.29) is 5.91 Å². The number of hydrogen-bond donors (Lipinski definition) is 2. The molecule has 0 saturated heterocycles. The van der Waals surface area contributed by atoms with Gasteiger partial charge >= 0.3 is 0 Å². The summed E-state index contributed by atoms with van der Waals surface area (Å²) < 4.78 is 0. The third-order valence-electron chi connectivity index (χ3n) is 6.08. The number of carbonyl (C=O) groups excluding carboxylic acids is 1. The summed E-state index contributed by atoms with van der Waals surface area (Å²) in [7, 11) is 0. The normalized spacial score (nSPS) is 21.9. The van der Waals surface area contributed by atoms with Gasteiger partial charge in [-0.05, 0) is 73.7 Å². The zero-order valence-corrected chi connectivity index (χ0v) is 17.4. The van der Waals surface area contributed by atoms with Crippen LogP contribution in [0.1, 0.15) is 49.6 Å². The molecule has 0 spiro atoms. The summed E-state index contributed by atoms with van der Waals surface area (Å²) in [5, 5.41) is 6.86. The van der Waals surface area contributed by atoms with E-state index >= 15 is 0 Å². The van der Waals surface area contributed by atoms with E-state index < -0.39 is 0 Å². The predicted octanol–water partition coefficient (Wildman–Crippen LogP) is 6.44. The first-order chi connectivity index (χ1) is 14.1. The Kier molecular flexibility index (Phi) is 4.51. The van der Waals surface area contributed by atoms with Gasteiger partial charge in [0.2, 0.25) is 0 Å². The zero-order chi connectivity index (χ0) is 20.0. The van der Waals surface area contributed by atoms with Crippen molar-refractivity contribution in [1.82, 2.24) is 0 Å². The highest BCUT2D eigenvalue weighted by Gasteiger charge is 2.38. The maximum atomic E-state index is 12.7. The number of thiophene rings is 1. The van der Waals surface area contributed by atoms with Crippen molar-refractivity contribution in [3.63, 3.8) is 0 Å². The Morgan fingerprint density at radius 2 is 1.97 bits per heavy atom. The minimum atomic E-state index is -0.0581. The molecule has 0 bridgehead atoms. The Balaban J connectivity index is 1.44. The maximum absolute atomic E-state index is 12.7. The van der Waals surface area contributed by atoms with Gasteiger partial charge in [-0.25, -0.2) is 0 Å². The Labute approximate surface area is 175 Å². The van der Waals surface area contributed by atoms with Crippen LogP contribution in [0.2, 0.25) is 0 Å². The van der Waals surface area contributed by atoms with E-state index in [1.165, 1.54) is 21.0 Å². The first kappa shape index (κ1) is 18.2. The van der Waals surface area contributed by atoms with Crippen LogP contribution in [-0.2, 0) is 0 Å². The number of carbonyl (C=O) groups is 1. The molecule has 2 heterocycles. The quantitative estimate of drug-likeness (QED) is 0.497. The molecule has 3 atom stereocenters. The molecule has 1 amide bonds. The highest BCUT2D eigenvalue weighted by Crippen LogP contribution is 2.51. The number of hydrogen-bond acceptors (Lipinski definition) is 3. The summed E-state index contributed by atoms with van der Waals surface area (Å²) in [4.78, 5) is 15.5. The third-order valence-corrected chi connectivity index (χ3v) is 7.16. The van der Waals surface area contributed by atoms with Gasteiger partial charge in [-0.3, -0.25) is 4.79 Å². The lowest BCUT2D eigenvalue weighted by atomic mass is 9.78. The third kappa shape index (κ3) is 3.28. The fourth-order valence-corrected chi connectivity index (χ4v) is 5.61. The number of benzene rings is 2. The molecule has 4 heteroatoms. The molecule has 2 aliphatic rings. The van der Waals surface area contributed by atoms with Gasteiger partial charge in [0, 0.05) is 32.6 Å². The molecule has 29 heavy (non-hydrogen) atoms. The molecule has 2 N–H and O–H groups in total. The number of fused-ring (bicyclic) bond motifs is 3. The van der Waals surface area contributed by atoms with Crippen LogP contribution < -0.4 is 10.6 Å². The molecule has 3 aromatic rings. The van der Waals surface area contributed by atoms with Crippen LogP contribution in [0, 0.1) is 19.8 Å². The van der Waals surface area contributed by atoms with Crippen LogP contribution in [0.25, 0.3) is 0 Å². The van der Waals surface area contributed by atoms with E-state index in [1.807, 2.05) is 48.6 Å². The molecule has 0 radical (unpaired) electrons. The number of nitrogens with one attached hydrogen (secondary N) is 2. The monoisotopic (exact) mass is 400 g/mol. The Morgan fingerprint density at radius 1 is 1.10 bits per heavy atom. The van der Waals surface area contributed by atoms with Crippen LogP contribution in [-0.4, -0.2) is 5.91 Å². The number of anilines is 2. The van der Waals surface area contributed by atoms with E-state index in [0.29, 0.717) is 17.9 Å². The van der Waals surface area contributed by atoms with E-state index in [9.17, 15) is 4.79 Å². The predicted molar refractivity (Wildman–Crippen MR) is 121 cm³/mol. The topological polar surface area (TPSA) is 41.1 Å². The van der Waals surface area contributed by atoms with Gasteiger partial charge in [0.15, 0.2) is 0 Å². The Morgan fingerprint density at radius 3 is 2.76 bits per heavy atom. The van der Waals surface area contributed by atoms with Gasteiger partial charge in [-0.1, -0.05) is 30.4 Å². The highest BCUT2D eigenvalue weighted by atomic mass is 32.1. The molecule has 5 rings (SSSR count). The second kappa shape index (κ2) is 7.20. The number of amides is 1. The van der Waals surface area contributed by atoms with Crippen molar-refractivity contribution < 1.29 is 4.79 Å². The lowest BCUT2D eigenvalue weighted by molar-refractivity contribution is 0.102. The maximum Gasteiger partial charge on any atom is 0.255 e. The SMILES string of the molecule is Cc1ccc(C2Nc3ccc(NC(=O)c4ccccc4C)cc3C3C=CCC32)s1. The van der Waals surface area contributed by atoms with Gasteiger partial charge in [0.05, 0.1) is 6.04 Å². The average Bonchev–Trinajstić information content (AvgIpc) is 3.37. The van der Waals surface area contributed by atoms with E-state index in [1.54, 1.807) is 0 Å². The van der Waals surface area contributed by atoms with Crippen LogP contribution in [0.5, 0.6) is 0 Å². The smallest absolute Gasteiger partial charge is 0.255 e. The summed E-state index contributed by atoms with van der Waals surface area (Å²) in [6.45, 7) is 4.13. The lowest BCUT2D eigenvalue weighted by Gasteiger charge is -2.37. The van der Waals surface area contributed by atoms with Crippen LogP contribution in [0.4, 0.5) is 11.4 Å². The van der Waals surface area contributed by atoms with Gasteiger partial charge in [-0.15, -0.1) is 11.3 Å². The second-order valence-corrected chi connectivity index (χ2v) is 9.31. The minimum Gasteiger partial charge on any atom is -0.377 e. The molecule has 0 fully saturated rings. The molecule has 1 aliphatic carbocycles. The number of allylic oxidation sites excluding steroid dienone is 2. The van der Waals surface area contributed by atoms with Crippen LogP contribution in [0.3, 0.4) is 0 Å². The van der Waals surface area contributed by atoms with Crippen molar-refractivity contribution in [2.75, 3.05) is 10.6 Å². The molecular weight excluding hydrogens is 376 g/mol. The molecule has 3 nitrogen and oxygen atoms in total. The van der Waals surface area contributed by atoms with Crippen molar-refractivity contribution in [1.29, 1.82) is 0 Å². The molecule has 0 saturated carbocycles. The number of aryl methyl sites for hydroxylation is 2. The molecule has 1 aliphatic heterocycles. The van der Waals surface area contributed by atoms with E-state index in [0.717, 1.165) is 23.2 Å². The standard InChI is InChI=1S/C25H24N2OS/c1-15-6-3-4-7-18(15)25(28)26-17-11-12-22-21(14-17)19-8-5-9-20(19)24(27-22)23-13-10-16(2)29-23/h3-8,10-14,19-20,24,27H,9H2,1-2H3,(H,26,28). The lowest BCUT2D eigenvalue weighted by Crippen LogP contribution is -2.28. The zero-order valence-electron chi connectivity index (χ0n) is 16.6. The fourth-order valence-electron chi connectivity index (χ4n) is 4.60. The van der Waals surface area contributed by atoms with Crippen molar-refractivity contribution in [2.24, 2.45) is 5.92 Å². The Hall–Kier alpha value is -2.85. The van der Waals surface area contributed by atoms with Crippen molar-refractivity contribution in [2.45, 2.75) is 32.2 Å². The van der Waals surface area contributed by atoms with Crippen LogP contribution in [0.15, 0.2) is 66.7 Å². The number of rotatable bonds is 3. The van der Waals surface area contributed by atoms with Crippen molar-refractivity contribution in [3.8, 4) is 0 Å². The summed E-state index contributed by atoms with van der Waals surface area (Å²) >= 11 is 1.88. The molecule has 146 valence electrons. The van der Waals surface area contributed by atoms with Gasteiger partial charge in [-0.2, -0.15) is 0 Å². The summed E-state index contributed by atoms with van der Waals surface area (Å²) in [6.07, 6.45) is 5.72. The van der Waals surface area contributed by atoms with Gasteiger partial charge in [0.1, 0.15) is 0 Å². The van der Waals surface area contributed by atoms with E-state index in [4.69, 9.17) is 0 Å². The molecule has 2 aromatic carbocycles. The second-order valence-electron chi connectivity index (χ2n) is 7.99. The summed E-state index contributed by atoms with van der Waals surface area (Å²) in [6, 6.07) is 18.7. The fraction of sp³-hybridized carbons (Fsp3) is 0.240.